The number of aromatic nitrogens is 1. The summed E-state index contributed by atoms with van der Waals surface area (Å²) in [6, 6.07) is 0. The van der Waals surface area contributed by atoms with E-state index in [4.69, 9.17) is 4.52 Å². The SMILES string of the molecule is O=C1CC=CC=C1c1nocc1N1CCCC1. The van der Waals surface area contributed by atoms with Crippen LogP contribution in [0.5, 0.6) is 0 Å². The fourth-order valence-corrected chi connectivity index (χ4v) is 2.35. The maximum absolute atomic E-state index is 11.8. The molecule has 0 aromatic carbocycles. The van der Waals surface area contributed by atoms with Crippen molar-refractivity contribution in [1.82, 2.24) is 5.16 Å². The number of carbonyl (C=O) groups excluding carboxylic acids is 1. The van der Waals surface area contributed by atoms with Crippen LogP contribution in [0.1, 0.15) is 25.0 Å². The van der Waals surface area contributed by atoms with Gasteiger partial charge in [-0.3, -0.25) is 4.79 Å². The molecule has 0 saturated carbocycles. The van der Waals surface area contributed by atoms with Crippen molar-refractivity contribution in [3.05, 3.63) is 30.2 Å². The van der Waals surface area contributed by atoms with Crippen molar-refractivity contribution in [3.8, 4) is 0 Å². The van der Waals surface area contributed by atoms with Crippen molar-refractivity contribution in [3.63, 3.8) is 0 Å². The van der Waals surface area contributed by atoms with Gasteiger partial charge in [0.05, 0.1) is 0 Å². The largest absolute Gasteiger partial charge is 0.367 e. The highest BCUT2D eigenvalue weighted by molar-refractivity contribution is 6.23. The Morgan fingerprint density at radius 3 is 2.88 bits per heavy atom. The maximum atomic E-state index is 11.8. The number of carbonyl (C=O) groups is 1. The zero-order valence-electron chi connectivity index (χ0n) is 9.56. The van der Waals surface area contributed by atoms with Gasteiger partial charge in [-0.05, 0) is 18.9 Å². The molecule has 0 bridgehead atoms. The first-order chi connectivity index (χ1) is 8.36. The summed E-state index contributed by atoms with van der Waals surface area (Å²) in [5.41, 5.74) is 2.32. The second kappa shape index (κ2) is 4.20. The number of hydrogen-bond acceptors (Lipinski definition) is 4. The van der Waals surface area contributed by atoms with Crippen LogP contribution >= 0.6 is 0 Å². The lowest BCUT2D eigenvalue weighted by atomic mass is 10.00. The maximum Gasteiger partial charge on any atom is 0.169 e. The van der Waals surface area contributed by atoms with Crippen molar-refractivity contribution in [1.29, 1.82) is 0 Å². The fourth-order valence-electron chi connectivity index (χ4n) is 2.35. The van der Waals surface area contributed by atoms with Crippen molar-refractivity contribution in [2.24, 2.45) is 0 Å². The van der Waals surface area contributed by atoms with Crippen LogP contribution in [0.25, 0.3) is 5.57 Å². The molecule has 1 aromatic heterocycles. The van der Waals surface area contributed by atoms with E-state index in [2.05, 4.69) is 10.1 Å². The third kappa shape index (κ3) is 1.79. The molecule has 17 heavy (non-hydrogen) atoms. The average molecular weight is 230 g/mol. The quantitative estimate of drug-likeness (QED) is 0.781. The molecule has 0 amide bonds. The van der Waals surface area contributed by atoms with Gasteiger partial charge in [-0.15, -0.1) is 0 Å². The number of rotatable bonds is 2. The Morgan fingerprint density at radius 1 is 1.29 bits per heavy atom. The Labute approximate surface area is 99.6 Å². The van der Waals surface area contributed by atoms with Gasteiger partial charge in [-0.25, -0.2) is 0 Å². The second-order valence-electron chi connectivity index (χ2n) is 4.38. The van der Waals surface area contributed by atoms with E-state index in [0.717, 1.165) is 18.8 Å². The predicted octanol–water partition coefficient (Wildman–Crippen LogP) is 2.19. The molecule has 0 spiro atoms. The average Bonchev–Trinajstić information content (AvgIpc) is 3.00. The van der Waals surface area contributed by atoms with Crippen LogP contribution in [-0.4, -0.2) is 24.0 Å². The van der Waals surface area contributed by atoms with Crippen LogP contribution < -0.4 is 4.90 Å². The van der Waals surface area contributed by atoms with E-state index in [1.54, 1.807) is 6.26 Å². The predicted molar refractivity (Wildman–Crippen MR) is 64.7 cm³/mol. The first-order valence-electron chi connectivity index (χ1n) is 5.96. The summed E-state index contributed by atoms with van der Waals surface area (Å²) in [6.07, 6.45) is 10.1. The lowest BCUT2D eigenvalue weighted by Crippen LogP contribution is -2.19. The van der Waals surface area contributed by atoms with Crippen LogP contribution in [0.4, 0.5) is 5.69 Å². The molecule has 1 fully saturated rings. The number of Topliss-reactive ketones (excluding diaryl/α,β-unsaturated/α-hetero) is 1. The first kappa shape index (κ1) is 10.3. The molecule has 0 unspecified atom stereocenters. The van der Waals surface area contributed by atoms with E-state index in [1.807, 2.05) is 18.2 Å². The molecular weight excluding hydrogens is 216 g/mol. The van der Waals surface area contributed by atoms with E-state index in [9.17, 15) is 4.79 Å². The minimum Gasteiger partial charge on any atom is -0.367 e. The Kier molecular flexibility index (Phi) is 2.55. The third-order valence-electron chi connectivity index (χ3n) is 3.26. The summed E-state index contributed by atoms with van der Waals surface area (Å²) < 4.78 is 5.05. The summed E-state index contributed by atoms with van der Waals surface area (Å²) in [4.78, 5) is 14.1. The summed E-state index contributed by atoms with van der Waals surface area (Å²) in [5, 5.41) is 4.00. The van der Waals surface area contributed by atoms with E-state index >= 15 is 0 Å². The van der Waals surface area contributed by atoms with E-state index in [1.165, 1.54) is 12.8 Å². The Bertz CT molecular complexity index is 493. The number of ketones is 1. The number of anilines is 1. The van der Waals surface area contributed by atoms with Crippen LogP contribution in [0.2, 0.25) is 0 Å². The van der Waals surface area contributed by atoms with Gasteiger partial charge in [0.1, 0.15) is 17.6 Å². The lowest BCUT2D eigenvalue weighted by molar-refractivity contribution is -0.113. The molecule has 0 radical (unpaired) electrons. The van der Waals surface area contributed by atoms with Gasteiger partial charge in [-0.2, -0.15) is 0 Å². The third-order valence-corrected chi connectivity index (χ3v) is 3.26. The Balaban J connectivity index is 1.97. The zero-order chi connectivity index (χ0) is 11.7. The van der Waals surface area contributed by atoms with Crippen molar-refractivity contribution < 1.29 is 9.32 Å². The number of allylic oxidation sites excluding steroid dienone is 4. The minimum atomic E-state index is 0.113. The van der Waals surface area contributed by atoms with Gasteiger partial charge in [-0.1, -0.05) is 17.3 Å². The molecule has 4 heteroatoms. The van der Waals surface area contributed by atoms with Gasteiger partial charge in [0.2, 0.25) is 0 Å². The highest BCUT2D eigenvalue weighted by Crippen LogP contribution is 2.30. The topological polar surface area (TPSA) is 46.3 Å². The standard InChI is InChI=1S/C13H14N2O2/c16-12-6-2-1-5-10(12)13-11(9-17-14-13)15-7-3-4-8-15/h1-2,5,9H,3-4,6-8H2. The molecule has 2 heterocycles. The van der Waals surface area contributed by atoms with Gasteiger partial charge in [0.25, 0.3) is 0 Å². The monoisotopic (exact) mass is 230 g/mol. The summed E-state index contributed by atoms with van der Waals surface area (Å²) >= 11 is 0. The molecule has 1 aliphatic carbocycles. The molecule has 3 rings (SSSR count). The molecule has 88 valence electrons. The fraction of sp³-hybridized carbons (Fsp3) is 0.385. The number of hydrogen-bond donors (Lipinski definition) is 0. The summed E-state index contributed by atoms with van der Waals surface area (Å²) in [6.45, 7) is 2.04. The molecule has 0 N–H and O–H groups in total. The van der Waals surface area contributed by atoms with Crippen LogP contribution in [0, 0.1) is 0 Å². The second-order valence-corrected chi connectivity index (χ2v) is 4.38. The smallest absolute Gasteiger partial charge is 0.169 e. The van der Waals surface area contributed by atoms with Crippen molar-refractivity contribution in [2.75, 3.05) is 18.0 Å². The van der Waals surface area contributed by atoms with Gasteiger partial charge < -0.3 is 9.42 Å². The number of nitrogens with zero attached hydrogens (tertiary/aromatic N) is 2. The van der Waals surface area contributed by atoms with Crippen LogP contribution in [0.15, 0.2) is 29.0 Å². The highest BCUT2D eigenvalue weighted by Gasteiger charge is 2.24. The molecule has 0 atom stereocenters. The van der Waals surface area contributed by atoms with Gasteiger partial charge in [0.15, 0.2) is 5.78 Å². The van der Waals surface area contributed by atoms with Crippen molar-refractivity contribution in [2.45, 2.75) is 19.3 Å². The molecule has 1 aromatic rings. The van der Waals surface area contributed by atoms with Gasteiger partial charge >= 0.3 is 0 Å². The van der Waals surface area contributed by atoms with Gasteiger partial charge in [0, 0.05) is 25.1 Å². The molecule has 1 saturated heterocycles. The van der Waals surface area contributed by atoms with Crippen molar-refractivity contribution >= 4 is 17.0 Å². The summed E-state index contributed by atoms with van der Waals surface area (Å²) in [7, 11) is 0. The Morgan fingerprint density at radius 2 is 2.12 bits per heavy atom. The highest BCUT2D eigenvalue weighted by atomic mass is 16.5. The van der Waals surface area contributed by atoms with E-state index in [-0.39, 0.29) is 5.78 Å². The lowest BCUT2D eigenvalue weighted by Gasteiger charge is -2.16. The zero-order valence-corrected chi connectivity index (χ0v) is 9.56. The minimum absolute atomic E-state index is 0.113. The molecule has 1 aliphatic heterocycles. The van der Waals surface area contributed by atoms with E-state index in [0.29, 0.717) is 17.7 Å². The first-order valence-corrected chi connectivity index (χ1v) is 5.96. The van der Waals surface area contributed by atoms with Crippen LogP contribution in [0.3, 0.4) is 0 Å². The molecule has 4 nitrogen and oxygen atoms in total. The molecular formula is C13H14N2O2. The normalized spacial score (nSPS) is 19.9. The van der Waals surface area contributed by atoms with E-state index < -0.39 is 0 Å². The van der Waals surface area contributed by atoms with Crippen LogP contribution in [-0.2, 0) is 4.79 Å². The Hall–Kier alpha value is -1.84. The summed E-state index contributed by atoms with van der Waals surface area (Å²) in [5.74, 6) is 0.113. The molecule has 2 aliphatic rings.